The fourth-order valence-electron chi connectivity index (χ4n) is 2.44. The van der Waals surface area contributed by atoms with Crippen LogP contribution in [0.3, 0.4) is 0 Å². The van der Waals surface area contributed by atoms with E-state index in [4.69, 9.17) is 9.15 Å². The number of amides is 1. The number of hydrogen-bond donors (Lipinski definition) is 2. The van der Waals surface area contributed by atoms with E-state index in [-0.39, 0.29) is 12.5 Å². The molecule has 3 aromatic rings. The van der Waals surface area contributed by atoms with Crippen LogP contribution in [-0.2, 0) is 17.8 Å². The second-order valence-electron chi connectivity index (χ2n) is 5.82. The number of carbonyl (C=O) groups excluding carboxylic acids is 1. The molecule has 5 nitrogen and oxygen atoms in total. The number of carbonyl (C=O) groups is 1. The Bertz CT molecular complexity index is 784. The van der Waals surface area contributed by atoms with Crippen molar-refractivity contribution in [1.82, 2.24) is 5.32 Å². The average Bonchev–Trinajstić information content (AvgIpc) is 3.20. The Kier molecular flexibility index (Phi) is 6.31. The van der Waals surface area contributed by atoms with Crippen LogP contribution in [0.4, 0.5) is 5.69 Å². The zero-order chi connectivity index (χ0) is 18.0. The Hall–Kier alpha value is -3.21. The van der Waals surface area contributed by atoms with E-state index in [9.17, 15) is 4.79 Å². The Balaban J connectivity index is 1.36. The standard InChI is InChI=1S/C21H22N2O3/c24-21(23-15-20-7-4-13-25-20)16-22-18-8-10-19(11-9-18)26-14-12-17-5-2-1-3-6-17/h1-11,13,22H,12,14-16H2,(H,23,24). The van der Waals surface area contributed by atoms with Gasteiger partial charge in [0, 0.05) is 12.1 Å². The van der Waals surface area contributed by atoms with Gasteiger partial charge in [0.25, 0.3) is 0 Å². The van der Waals surface area contributed by atoms with Crippen LogP contribution in [0.2, 0.25) is 0 Å². The van der Waals surface area contributed by atoms with E-state index in [1.807, 2.05) is 48.5 Å². The zero-order valence-corrected chi connectivity index (χ0v) is 14.5. The van der Waals surface area contributed by atoms with Crippen molar-refractivity contribution in [2.75, 3.05) is 18.5 Å². The summed E-state index contributed by atoms with van der Waals surface area (Å²) in [6.45, 7) is 1.22. The average molecular weight is 350 g/mol. The highest BCUT2D eigenvalue weighted by molar-refractivity contribution is 5.80. The Morgan fingerprint density at radius 3 is 2.50 bits per heavy atom. The molecule has 3 rings (SSSR count). The summed E-state index contributed by atoms with van der Waals surface area (Å²) in [6, 6.07) is 21.5. The third-order valence-electron chi connectivity index (χ3n) is 3.85. The van der Waals surface area contributed by atoms with Gasteiger partial charge in [-0.05, 0) is 42.0 Å². The van der Waals surface area contributed by atoms with E-state index in [1.165, 1.54) is 5.56 Å². The summed E-state index contributed by atoms with van der Waals surface area (Å²) in [5, 5.41) is 5.88. The van der Waals surface area contributed by atoms with Crippen LogP contribution in [0.1, 0.15) is 11.3 Å². The molecule has 5 heteroatoms. The summed E-state index contributed by atoms with van der Waals surface area (Å²) < 4.78 is 10.9. The highest BCUT2D eigenvalue weighted by Crippen LogP contribution is 2.16. The highest BCUT2D eigenvalue weighted by atomic mass is 16.5. The van der Waals surface area contributed by atoms with Gasteiger partial charge in [-0.1, -0.05) is 30.3 Å². The van der Waals surface area contributed by atoms with Crippen molar-refractivity contribution in [2.45, 2.75) is 13.0 Å². The van der Waals surface area contributed by atoms with Gasteiger partial charge in [0.05, 0.1) is 26.0 Å². The molecule has 26 heavy (non-hydrogen) atoms. The van der Waals surface area contributed by atoms with Gasteiger partial charge in [0.2, 0.25) is 5.91 Å². The lowest BCUT2D eigenvalue weighted by atomic mass is 10.2. The van der Waals surface area contributed by atoms with E-state index in [0.29, 0.717) is 13.2 Å². The molecule has 0 radical (unpaired) electrons. The summed E-state index contributed by atoms with van der Waals surface area (Å²) in [5.74, 6) is 1.45. The molecule has 0 aliphatic carbocycles. The molecule has 0 bridgehead atoms. The summed E-state index contributed by atoms with van der Waals surface area (Å²) in [4.78, 5) is 11.8. The fraction of sp³-hybridized carbons (Fsp3) is 0.190. The summed E-state index contributed by atoms with van der Waals surface area (Å²) >= 11 is 0. The molecule has 0 atom stereocenters. The topological polar surface area (TPSA) is 63.5 Å². The van der Waals surface area contributed by atoms with Crippen LogP contribution in [0, 0.1) is 0 Å². The van der Waals surface area contributed by atoms with Gasteiger partial charge in [0.1, 0.15) is 11.5 Å². The first-order valence-corrected chi connectivity index (χ1v) is 8.59. The first-order valence-electron chi connectivity index (χ1n) is 8.59. The van der Waals surface area contributed by atoms with Crippen molar-refractivity contribution < 1.29 is 13.9 Å². The molecule has 2 N–H and O–H groups in total. The molecule has 2 aromatic carbocycles. The van der Waals surface area contributed by atoms with Crippen LogP contribution in [-0.4, -0.2) is 19.1 Å². The van der Waals surface area contributed by atoms with Gasteiger partial charge in [0.15, 0.2) is 0 Å². The zero-order valence-electron chi connectivity index (χ0n) is 14.5. The minimum Gasteiger partial charge on any atom is -0.493 e. The summed E-state index contributed by atoms with van der Waals surface area (Å²) in [5.41, 5.74) is 2.12. The van der Waals surface area contributed by atoms with E-state index < -0.39 is 0 Å². The fourth-order valence-corrected chi connectivity index (χ4v) is 2.44. The molecule has 134 valence electrons. The number of ether oxygens (including phenoxy) is 1. The van der Waals surface area contributed by atoms with Crippen molar-refractivity contribution in [3.05, 3.63) is 84.3 Å². The highest BCUT2D eigenvalue weighted by Gasteiger charge is 2.03. The molecule has 0 aliphatic rings. The van der Waals surface area contributed by atoms with E-state index >= 15 is 0 Å². The number of hydrogen-bond acceptors (Lipinski definition) is 4. The SMILES string of the molecule is O=C(CNc1ccc(OCCc2ccccc2)cc1)NCc1ccco1. The Labute approximate surface area is 153 Å². The maximum Gasteiger partial charge on any atom is 0.239 e. The second kappa shape index (κ2) is 9.32. The molecular formula is C21H22N2O3. The lowest BCUT2D eigenvalue weighted by Crippen LogP contribution is -2.29. The monoisotopic (exact) mass is 350 g/mol. The van der Waals surface area contributed by atoms with Crippen LogP contribution in [0.15, 0.2) is 77.4 Å². The number of benzene rings is 2. The van der Waals surface area contributed by atoms with Gasteiger partial charge in [-0.3, -0.25) is 4.79 Å². The van der Waals surface area contributed by atoms with Crippen molar-refractivity contribution >= 4 is 11.6 Å². The Morgan fingerprint density at radius 2 is 1.77 bits per heavy atom. The maximum atomic E-state index is 11.8. The normalized spacial score (nSPS) is 10.3. The minimum atomic E-state index is -0.0930. The molecular weight excluding hydrogens is 328 g/mol. The van der Waals surface area contributed by atoms with E-state index in [0.717, 1.165) is 23.6 Å². The van der Waals surface area contributed by atoms with Crippen molar-refractivity contribution in [1.29, 1.82) is 0 Å². The molecule has 0 fully saturated rings. The third-order valence-corrected chi connectivity index (χ3v) is 3.85. The molecule has 0 unspecified atom stereocenters. The van der Waals surface area contributed by atoms with Crippen molar-refractivity contribution in [3.8, 4) is 5.75 Å². The van der Waals surface area contributed by atoms with Crippen LogP contribution >= 0.6 is 0 Å². The molecule has 1 heterocycles. The third kappa shape index (κ3) is 5.70. The first-order chi connectivity index (χ1) is 12.8. The smallest absolute Gasteiger partial charge is 0.239 e. The first kappa shape index (κ1) is 17.6. The molecule has 1 amide bonds. The second-order valence-corrected chi connectivity index (χ2v) is 5.82. The molecule has 0 saturated carbocycles. The van der Waals surface area contributed by atoms with Gasteiger partial charge in [-0.25, -0.2) is 0 Å². The van der Waals surface area contributed by atoms with Crippen LogP contribution < -0.4 is 15.4 Å². The Morgan fingerprint density at radius 1 is 0.962 bits per heavy atom. The number of nitrogens with one attached hydrogen (secondary N) is 2. The van der Waals surface area contributed by atoms with Gasteiger partial charge < -0.3 is 19.8 Å². The van der Waals surface area contributed by atoms with Gasteiger partial charge >= 0.3 is 0 Å². The van der Waals surface area contributed by atoms with E-state index in [1.54, 1.807) is 12.3 Å². The molecule has 0 spiro atoms. The number of furan rings is 1. The van der Waals surface area contributed by atoms with Gasteiger partial charge in [-0.15, -0.1) is 0 Å². The number of rotatable bonds is 9. The van der Waals surface area contributed by atoms with E-state index in [2.05, 4.69) is 22.8 Å². The minimum absolute atomic E-state index is 0.0930. The molecule has 1 aromatic heterocycles. The summed E-state index contributed by atoms with van der Waals surface area (Å²) in [6.07, 6.45) is 2.46. The van der Waals surface area contributed by atoms with Gasteiger partial charge in [-0.2, -0.15) is 0 Å². The quantitative estimate of drug-likeness (QED) is 0.619. The van der Waals surface area contributed by atoms with Crippen molar-refractivity contribution in [2.24, 2.45) is 0 Å². The lowest BCUT2D eigenvalue weighted by molar-refractivity contribution is -0.119. The van der Waals surface area contributed by atoms with Crippen LogP contribution in [0.5, 0.6) is 5.75 Å². The largest absolute Gasteiger partial charge is 0.493 e. The molecule has 0 aliphatic heterocycles. The lowest BCUT2D eigenvalue weighted by Gasteiger charge is -2.09. The predicted octanol–water partition coefficient (Wildman–Crippen LogP) is 3.63. The van der Waals surface area contributed by atoms with Crippen molar-refractivity contribution in [3.63, 3.8) is 0 Å². The van der Waals surface area contributed by atoms with Crippen LogP contribution in [0.25, 0.3) is 0 Å². The molecule has 0 saturated heterocycles. The summed E-state index contributed by atoms with van der Waals surface area (Å²) in [7, 11) is 0. The maximum absolute atomic E-state index is 11.8. The number of anilines is 1. The predicted molar refractivity (Wildman–Crippen MR) is 101 cm³/mol.